The molecule has 2 heterocycles. The molecule has 0 unspecified atom stereocenters. The first-order valence-corrected chi connectivity index (χ1v) is 9.18. The molecule has 0 aliphatic rings. The molecule has 164 valence electrons. The van der Waals surface area contributed by atoms with E-state index in [1.54, 1.807) is 11.5 Å². The van der Waals surface area contributed by atoms with E-state index in [0.717, 1.165) is 0 Å². The number of carbonyl (C=O) groups excluding carboxylic acids is 1. The molecule has 3 rings (SSSR count). The average Bonchev–Trinajstić information content (AvgIpc) is 3.31. The van der Waals surface area contributed by atoms with E-state index in [1.165, 1.54) is 36.7 Å². The van der Waals surface area contributed by atoms with Gasteiger partial charge in [-0.25, -0.2) is 4.79 Å². The summed E-state index contributed by atoms with van der Waals surface area (Å²) in [5.74, 6) is -2.54. The van der Waals surface area contributed by atoms with Crippen molar-refractivity contribution in [3.8, 4) is 17.1 Å². The number of carboxylic acid groups (broad SMARTS) is 1. The van der Waals surface area contributed by atoms with Crippen LogP contribution < -0.4 is 5.32 Å². The summed E-state index contributed by atoms with van der Waals surface area (Å²) in [5.41, 5.74) is -1.55. The van der Waals surface area contributed by atoms with E-state index in [4.69, 9.17) is 4.52 Å². The summed E-state index contributed by atoms with van der Waals surface area (Å²) in [4.78, 5) is 23.6. The van der Waals surface area contributed by atoms with Crippen molar-refractivity contribution in [3.05, 3.63) is 53.5 Å². The largest absolute Gasteiger partial charge is 0.508 e. The van der Waals surface area contributed by atoms with Crippen molar-refractivity contribution in [3.63, 3.8) is 0 Å². The van der Waals surface area contributed by atoms with Crippen molar-refractivity contribution < 1.29 is 37.5 Å². The van der Waals surface area contributed by atoms with Gasteiger partial charge >= 0.3 is 12.1 Å². The Kier molecular flexibility index (Phi) is 6.04. The molecule has 0 atom stereocenters. The molecule has 3 aromatic rings. The predicted octanol–water partition coefficient (Wildman–Crippen LogP) is 4.16. The number of nitrogens with one attached hydrogen (secondary N) is 1. The molecule has 3 N–H and O–H groups in total. The minimum Gasteiger partial charge on any atom is -0.508 e. The number of hydrogen-bond donors (Lipinski definition) is 3. The Morgan fingerprint density at radius 3 is 2.45 bits per heavy atom. The smallest absolute Gasteiger partial charge is 0.422 e. The number of alkyl halides is 3. The highest BCUT2D eigenvalue weighted by atomic mass is 19.4. The fourth-order valence-electron chi connectivity index (χ4n) is 3.00. The third-order valence-electron chi connectivity index (χ3n) is 4.51. The number of amides is 1. The van der Waals surface area contributed by atoms with Gasteiger partial charge in [0.25, 0.3) is 0 Å². The SMILES string of the molecule is CCn1cc(NC(=O)CCc2noc(-c3ccc(O)cc3)c2C(F)(F)F)c(C(=O)O)c1. The zero-order chi connectivity index (χ0) is 22.8. The first-order chi connectivity index (χ1) is 14.6. The lowest BCUT2D eigenvalue weighted by Gasteiger charge is -2.09. The number of hydrogen-bond acceptors (Lipinski definition) is 5. The number of rotatable bonds is 7. The van der Waals surface area contributed by atoms with Crippen LogP contribution in [0.15, 0.2) is 41.2 Å². The minimum absolute atomic E-state index is 0.0559. The molecule has 31 heavy (non-hydrogen) atoms. The van der Waals surface area contributed by atoms with E-state index in [-0.39, 0.29) is 35.4 Å². The van der Waals surface area contributed by atoms with Gasteiger partial charge in [-0.2, -0.15) is 13.2 Å². The van der Waals surface area contributed by atoms with Gasteiger partial charge in [-0.3, -0.25) is 4.79 Å². The predicted molar refractivity (Wildman–Crippen MR) is 103 cm³/mol. The lowest BCUT2D eigenvalue weighted by atomic mass is 10.0. The zero-order valence-corrected chi connectivity index (χ0v) is 16.2. The van der Waals surface area contributed by atoms with Gasteiger partial charge in [0.05, 0.1) is 11.4 Å². The number of aromatic hydroxyl groups is 1. The summed E-state index contributed by atoms with van der Waals surface area (Å²) in [5, 5.41) is 24.4. The van der Waals surface area contributed by atoms with Gasteiger partial charge in [0.2, 0.25) is 5.91 Å². The first kappa shape index (κ1) is 21.9. The standard InChI is InChI=1S/C20H18F3N3O5/c1-2-26-9-13(19(29)30)15(10-26)24-16(28)8-7-14-17(20(21,22)23)18(31-25-14)11-3-5-12(27)6-4-11/h3-6,9-10,27H,2,7-8H2,1H3,(H,24,28)(H,29,30). The van der Waals surface area contributed by atoms with Gasteiger partial charge < -0.3 is 24.6 Å². The van der Waals surface area contributed by atoms with E-state index in [9.17, 15) is 33.0 Å². The normalized spacial score (nSPS) is 11.5. The number of aryl methyl sites for hydroxylation is 2. The monoisotopic (exact) mass is 437 g/mol. The Balaban J connectivity index is 1.79. The lowest BCUT2D eigenvalue weighted by Crippen LogP contribution is -2.15. The summed E-state index contributed by atoms with van der Waals surface area (Å²) in [6.45, 7) is 2.26. The van der Waals surface area contributed by atoms with Crippen LogP contribution in [0.3, 0.4) is 0 Å². The Morgan fingerprint density at radius 2 is 1.87 bits per heavy atom. The first-order valence-electron chi connectivity index (χ1n) is 9.18. The van der Waals surface area contributed by atoms with Crippen molar-refractivity contribution >= 4 is 17.6 Å². The molecule has 0 aliphatic heterocycles. The van der Waals surface area contributed by atoms with Crippen molar-refractivity contribution in [1.82, 2.24) is 9.72 Å². The molecule has 0 bridgehead atoms. The second-order valence-corrected chi connectivity index (χ2v) is 6.65. The fraction of sp³-hybridized carbons (Fsp3) is 0.250. The Labute approximate surface area is 173 Å². The molecule has 1 aromatic carbocycles. The van der Waals surface area contributed by atoms with E-state index < -0.39 is 35.1 Å². The molecule has 0 fully saturated rings. The highest BCUT2D eigenvalue weighted by Gasteiger charge is 2.40. The molecular formula is C20H18F3N3O5. The van der Waals surface area contributed by atoms with Gasteiger partial charge in [-0.15, -0.1) is 0 Å². The van der Waals surface area contributed by atoms with Crippen LogP contribution in [0.5, 0.6) is 5.75 Å². The average molecular weight is 437 g/mol. The van der Waals surface area contributed by atoms with Gasteiger partial charge in [-0.1, -0.05) is 5.16 Å². The third-order valence-corrected chi connectivity index (χ3v) is 4.51. The lowest BCUT2D eigenvalue weighted by molar-refractivity contribution is -0.138. The zero-order valence-electron chi connectivity index (χ0n) is 16.2. The number of carbonyl (C=O) groups is 2. The maximum absolute atomic E-state index is 13.6. The van der Waals surface area contributed by atoms with Crippen LogP contribution in [0.25, 0.3) is 11.3 Å². The maximum atomic E-state index is 13.6. The van der Waals surface area contributed by atoms with E-state index in [1.807, 2.05) is 0 Å². The van der Waals surface area contributed by atoms with Crippen molar-refractivity contribution in [1.29, 1.82) is 0 Å². The summed E-state index contributed by atoms with van der Waals surface area (Å²) >= 11 is 0. The van der Waals surface area contributed by atoms with Crippen LogP contribution in [-0.2, 0) is 23.9 Å². The van der Waals surface area contributed by atoms with E-state index in [2.05, 4.69) is 10.5 Å². The Morgan fingerprint density at radius 1 is 1.19 bits per heavy atom. The summed E-state index contributed by atoms with van der Waals surface area (Å²) in [7, 11) is 0. The number of phenolic OH excluding ortho intramolecular Hbond substituents is 1. The van der Waals surface area contributed by atoms with Gasteiger partial charge in [0.15, 0.2) is 5.76 Å². The fourth-order valence-corrected chi connectivity index (χ4v) is 3.00. The second-order valence-electron chi connectivity index (χ2n) is 6.65. The molecule has 1 amide bonds. The van der Waals surface area contributed by atoms with Crippen LogP contribution in [0.2, 0.25) is 0 Å². The number of aromatic nitrogens is 2. The van der Waals surface area contributed by atoms with Gasteiger partial charge in [0.1, 0.15) is 16.9 Å². The van der Waals surface area contributed by atoms with Crippen LogP contribution in [-0.4, -0.2) is 31.8 Å². The molecule has 2 aromatic heterocycles. The van der Waals surface area contributed by atoms with Crippen LogP contribution in [0.4, 0.5) is 18.9 Å². The molecule has 0 saturated heterocycles. The number of carboxylic acids is 1. The number of nitrogens with zero attached hydrogens (tertiary/aromatic N) is 2. The molecule has 0 saturated carbocycles. The van der Waals surface area contributed by atoms with Crippen molar-refractivity contribution in [2.45, 2.75) is 32.5 Å². The number of halogens is 3. The number of anilines is 1. The highest BCUT2D eigenvalue weighted by Crippen LogP contribution is 2.40. The Hall–Kier alpha value is -3.76. The molecular weight excluding hydrogens is 419 g/mol. The third kappa shape index (κ3) is 4.87. The Bertz CT molecular complexity index is 1100. The highest BCUT2D eigenvalue weighted by molar-refractivity contribution is 6.00. The molecule has 0 radical (unpaired) electrons. The van der Waals surface area contributed by atoms with Crippen LogP contribution in [0, 0.1) is 0 Å². The topological polar surface area (TPSA) is 118 Å². The van der Waals surface area contributed by atoms with Crippen molar-refractivity contribution in [2.75, 3.05) is 5.32 Å². The minimum atomic E-state index is -4.78. The summed E-state index contributed by atoms with van der Waals surface area (Å²) in [6.07, 6.45) is -2.75. The van der Waals surface area contributed by atoms with Gasteiger partial charge in [0, 0.05) is 37.3 Å². The number of phenols is 1. The summed E-state index contributed by atoms with van der Waals surface area (Å²) in [6, 6.07) is 4.95. The second kappa shape index (κ2) is 8.54. The summed E-state index contributed by atoms with van der Waals surface area (Å²) < 4.78 is 47.4. The van der Waals surface area contributed by atoms with E-state index >= 15 is 0 Å². The quantitative estimate of drug-likeness (QED) is 0.511. The van der Waals surface area contributed by atoms with Gasteiger partial charge in [-0.05, 0) is 31.2 Å². The molecule has 0 aliphatic carbocycles. The maximum Gasteiger partial charge on any atom is 0.422 e. The van der Waals surface area contributed by atoms with Crippen molar-refractivity contribution in [2.24, 2.45) is 0 Å². The molecule has 0 spiro atoms. The van der Waals surface area contributed by atoms with E-state index in [0.29, 0.717) is 6.54 Å². The molecule has 11 heteroatoms. The molecule has 8 nitrogen and oxygen atoms in total. The number of benzene rings is 1. The van der Waals surface area contributed by atoms with Crippen LogP contribution in [0.1, 0.15) is 35.0 Å². The van der Waals surface area contributed by atoms with Crippen LogP contribution >= 0.6 is 0 Å². The number of aromatic carboxylic acids is 1.